The van der Waals surface area contributed by atoms with E-state index in [4.69, 9.17) is 5.73 Å². The van der Waals surface area contributed by atoms with Crippen molar-refractivity contribution in [1.82, 2.24) is 0 Å². The van der Waals surface area contributed by atoms with Crippen molar-refractivity contribution < 1.29 is 0 Å². The van der Waals surface area contributed by atoms with Crippen molar-refractivity contribution in [2.75, 3.05) is 5.73 Å². The minimum atomic E-state index is -0.335. The summed E-state index contributed by atoms with van der Waals surface area (Å²) in [6.07, 6.45) is 7.10. The molecule has 0 fully saturated rings. The van der Waals surface area contributed by atoms with E-state index in [9.17, 15) is 0 Å². The van der Waals surface area contributed by atoms with E-state index < -0.39 is 0 Å². The maximum absolute atomic E-state index is 5.89. The number of nitrogen functional groups attached to an aromatic ring is 1. The second-order valence-corrected chi connectivity index (χ2v) is 16.0. The van der Waals surface area contributed by atoms with Gasteiger partial charge in [0.25, 0.3) is 0 Å². The molecule has 0 bridgehead atoms. The van der Waals surface area contributed by atoms with E-state index in [2.05, 4.69) is 198 Å². The summed E-state index contributed by atoms with van der Waals surface area (Å²) in [4.78, 5) is 0. The number of allylic oxidation sites excluding steroid dienone is 5. The predicted molar refractivity (Wildman–Crippen MR) is 238 cm³/mol. The lowest BCUT2D eigenvalue weighted by Gasteiger charge is -2.33. The molecule has 0 aromatic heterocycles. The lowest BCUT2D eigenvalue weighted by molar-refractivity contribution is 0.660. The summed E-state index contributed by atoms with van der Waals surface area (Å²) < 4.78 is 0. The molecule has 1 heteroatoms. The third-order valence-electron chi connectivity index (χ3n) is 12.5. The molecule has 0 atom stereocenters. The van der Waals surface area contributed by atoms with E-state index in [0.29, 0.717) is 0 Å². The Morgan fingerprint density at radius 3 is 1.62 bits per heavy atom. The number of aryl methyl sites for hydroxylation is 2. The van der Waals surface area contributed by atoms with E-state index in [1.807, 2.05) is 12.1 Å². The highest BCUT2D eigenvalue weighted by Crippen LogP contribution is 2.62. The summed E-state index contributed by atoms with van der Waals surface area (Å²) in [5.41, 5.74) is 29.3. The number of anilines is 1. The van der Waals surface area contributed by atoms with Crippen molar-refractivity contribution in [2.24, 2.45) is 0 Å². The Labute approximate surface area is 332 Å². The van der Waals surface area contributed by atoms with Crippen LogP contribution in [0.25, 0.3) is 39.0 Å². The third kappa shape index (κ3) is 5.37. The molecule has 0 saturated carbocycles. The van der Waals surface area contributed by atoms with Gasteiger partial charge >= 0.3 is 0 Å². The Kier molecular flexibility index (Phi) is 8.63. The van der Waals surface area contributed by atoms with Gasteiger partial charge in [-0.1, -0.05) is 184 Å². The van der Waals surface area contributed by atoms with Gasteiger partial charge in [0.2, 0.25) is 0 Å². The minimum Gasteiger partial charge on any atom is -0.399 e. The highest BCUT2D eigenvalue weighted by molar-refractivity contribution is 5.97. The summed E-state index contributed by atoms with van der Waals surface area (Å²) >= 11 is 0. The Morgan fingerprint density at radius 1 is 0.500 bits per heavy atom. The van der Waals surface area contributed by atoms with Crippen molar-refractivity contribution in [1.29, 1.82) is 0 Å². The first-order valence-corrected chi connectivity index (χ1v) is 19.7. The normalized spacial score (nSPS) is 14.8. The number of benzene rings is 7. The van der Waals surface area contributed by atoms with Gasteiger partial charge < -0.3 is 5.73 Å². The molecule has 7 aromatic carbocycles. The molecule has 0 unspecified atom stereocenters. The van der Waals surface area contributed by atoms with Gasteiger partial charge in [0.05, 0.1) is 5.41 Å². The fraction of sp³-hybridized carbons (Fsp3) is 0.127. The first kappa shape index (κ1) is 35.3. The molecule has 0 radical (unpaired) electrons. The SMILES string of the molecule is C=C/C=C\C1=C(Cc2ccc(C)c(-c3ccccc3C)c2)C2(c3ccccc31)c1ccccc1-c1ccccc12.CC1(C)c2ccccc2-c2ccc(N)cc21. The third-order valence-corrected chi connectivity index (χ3v) is 12.5. The van der Waals surface area contributed by atoms with Gasteiger partial charge in [0.1, 0.15) is 0 Å². The molecule has 7 aromatic rings. The topological polar surface area (TPSA) is 26.0 Å². The zero-order valence-corrected chi connectivity index (χ0v) is 32.7. The molecule has 272 valence electrons. The minimum absolute atomic E-state index is 0.0707. The number of hydrogen-bond acceptors (Lipinski definition) is 1. The average molecular weight is 722 g/mol. The van der Waals surface area contributed by atoms with E-state index in [1.54, 1.807) is 0 Å². The van der Waals surface area contributed by atoms with Crippen LogP contribution in [0.2, 0.25) is 0 Å². The number of nitrogens with two attached hydrogens (primary N) is 1. The smallest absolute Gasteiger partial charge is 0.0691 e. The van der Waals surface area contributed by atoms with Gasteiger partial charge in [0.15, 0.2) is 0 Å². The van der Waals surface area contributed by atoms with Gasteiger partial charge in [-0.3, -0.25) is 0 Å². The average Bonchev–Trinajstić information content (AvgIpc) is 3.76. The Bertz CT molecular complexity index is 2710. The molecular formula is C55H47N. The molecule has 2 N–H and O–H groups in total. The first-order valence-electron chi connectivity index (χ1n) is 19.7. The van der Waals surface area contributed by atoms with Crippen LogP contribution in [0.1, 0.15) is 63.9 Å². The highest BCUT2D eigenvalue weighted by Gasteiger charge is 2.52. The van der Waals surface area contributed by atoms with Crippen LogP contribution in [0.5, 0.6) is 0 Å². The van der Waals surface area contributed by atoms with Crippen molar-refractivity contribution in [3.63, 3.8) is 0 Å². The molecule has 10 rings (SSSR count). The van der Waals surface area contributed by atoms with Crippen molar-refractivity contribution in [2.45, 2.75) is 44.9 Å². The van der Waals surface area contributed by atoms with Crippen molar-refractivity contribution >= 4 is 11.3 Å². The van der Waals surface area contributed by atoms with E-state index in [-0.39, 0.29) is 10.8 Å². The highest BCUT2D eigenvalue weighted by atomic mass is 14.6. The van der Waals surface area contributed by atoms with Crippen molar-refractivity contribution in [3.05, 3.63) is 238 Å². The Morgan fingerprint density at radius 2 is 1.00 bits per heavy atom. The molecule has 1 nitrogen and oxygen atoms in total. The summed E-state index contributed by atoms with van der Waals surface area (Å²) in [6.45, 7) is 13.0. The lowest BCUT2D eigenvalue weighted by Crippen LogP contribution is -2.28. The second-order valence-electron chi connectivity index (χ2n) is 16.0. The van der Waals surface area contributed by atoms with Gasteiger partial charge in [-0.15, -0.1) is 0 Å². The van der Waals surface area contributed by atoms with E-state index >= 15 is 0 Å². The van der Waals surface area contributed by atoms with Crippen LogP contribution in [0.15, 0.2) is 188 Å². The van der Waals surface area contributed by atoms with Crippen LogP contribution in [0.3, 0.4) is 0 Å². The van der Waals surface area contributed by atoms with Crippen LogP contribution in [-0.4, -0.2) is 0 Å². The van der Waals surface area contributed by atoms with Crippen LogP contribution >= 0.6 is 0 Å². The monoisotopic (exact) mass is 721 g/mol. The molecular weight excluding hydrogens is 675 g/mol. The number of hydrogen-bond donors (Lipinski definition) is 1. The van der Waals surface area contributed by atoms with Gasteiger partial charge in [-0.2, -0.15) is 0 Å². The Hall–Kier alpha value is -6.44. The molecule has 56 heavy (non-hydrogen) atoms. The second kappa shape index (κ2) is 13.7. The van der Waals surface area contributed by atoms with E-state index in [1.165, 1.54) is 94.6 Å². The molecule has 0 amide bonds. The molecule has 0 saturated heterocycles. The maximum atomic E-state index is 5.89. The van der Waals surface area contributed by atoms with Crippen LogP contribution < -0.4 is 5.73 Å². The zero-order valence-electron chi connectivity index (χ0n) is 32.7. The first-order chi connectivity index (χ1) is 27.2. The van der Waals surface area contributed by atoms with Crippen LogP contribution in [0, 0.1) is 13.8 Å². The predicted octanol–water partition coefficient (Wildman–Crippen LogP) is 13.6. The summed E-state index contributed by atoms with van der Waals surface area (Å²) in [5, 5.41) is 0. The standard InChI is InChI=1S/C40H32.C15H15N/c1-4-5-15-34-33-19-10-13-22-38(33)40(36-20-11-8-17-31(36)32-18-9-12-21-37(32)40)39(34)26-29-24-23-28(3)35(25-29)30-16-7-6-14-27(30)2;1-15(2)13-6-4-3-5-11(13)12-8-7-10(16)9-14(12)15/h4-25H,1,26H2,2-3H3;3-9H,16H2,1-2H3/b15-5-;. The summed E-state index contributed by atoms with van der Waals surface area (Å²) in [7, 11) is 0. The maximum Gasteiger partial charge on any atom is 0.0691 e. The largest absolute Gasteiger partial charge is 0.399 e. The summed E-state index contributed by atoms with van der Waals surface area (Å²) in [5.74, 6) is 0. The van der Waals surface area contributed by atoms with Crippen molar-refractivity contribution in [3.8, 4) is 33.4 Å². The van der Waals surface area contributed by atoms with E-state index in [0.717, 1.165) is 12.1 Å². The Balaban J connectivity index is 0.000000213. The lowest BCUT2D eigenvalue weighted by atomic mass is 9.68. The van der Waals surface area contributed by atoms with Gasteiger partial charge in [-0.25, -0.2) is 0 Å². The van der Waals surface area contributed by atoms with Gasteiger partial charge in [-0.05, 0) is 127 Å². The number of fused-ring (bicyclic) bond motifs is 10. The van der Waals surface area contributed by atoms with Gasteiger partial charge in [0, 0.05) is 11.1 Å². The molecule has 3 aliphatic rings. The summed E-state index contributed by atoms with van der Waals surface area (Å²) in [6, 6.07) is 57.6. The van der Waals surface area contributed by atoms with Crippen LogP contribution in [-0.2, 0) is 17.3 Å². The molecule has 0 heterocycles. The fourth-order valence-corrected chi connectivity index (χ4v) is 9.88. The molecule has 1 spiro atoms. The number of rotatable bonds is 5. The quantitative estimate of drug-likeness (QED) is 0.139. The van der Waals surface area contributed by atoms with Crippen LogP contribution in [0.4, 0.5) is 5.69 Å². The molecule has 0 aliphatic heterocycles. The fourth-order valence-electron chi connectivity index (χ4n) is 9.88. The zero-order chi connectivity index (χ0) is 38.6. The molecule has 3 aliphatic carbocycles.